The highest BCUT2D eigenvalue weighted by molar-refractivity contribution is 9.11. The molecule has 0 spiro atoms. The number of carboxylic acid groups (broad SMARTS) is 1. The number of amides is 1. The Morgan fingerprint density at radius 1 is 1.19 bits per heavy atom. The molecule has 6 nitrogen and oxygen atoms in total. The second-order valence-electron chi connectivity index (χ2n) is 3.79. The topological polar surface area (TPSA) is 92.2 Å². The predicted octanol–water partition coefficient (Wildman–Crippen LogP) is 3.61. The maximum Gasteiger partial charge on any atom is 0.337 e. The van der Waals surface area contributed by atoms with Crippen molar-refractivity contribution < 1.29 is 14.7 Å². The Kier molecular flexibility index (Phi) is 4.92. The summed E-state index contributed by atoms with van der Waals surface area (Å²) in [4.78, 5) is 30.9. The van der Waals surface area contributed by atoms with Crippen molar-refractivity contribution in [3.63, 3.8) is 0 Å². The number of hydrogen-bond acceptors (Lipinski definition) is 4. The lowest BCUT2D eigenvalue weighted by atomic mass is 10.1. The van der Waals surface area contributed by atoms with Gasteiger partial charge in [0.25, 0.3) is 5.91 Å². The van der Waals surface area contributed by atoms with Gasteiger partial charge in [0.15, 0.2) is 0 Å². The molecule has 9 heteroatoms. The molecule has 2 aromatic rings. The molecule has 1 aromatic heterocycles. The molecule has 0 radical (unpaired) electrons. The zero-order valence-corrected chi connectivity index (χ0v) is 14.0. The maximum absolute atomic E-state index is 12.1. The predicted molar refractivity (Wildman–Crippen MR) is 83.8 cm³/mol. The average Bonchev–Trinajstić information content (AvgIpc) is 2.41. The van der Waals surface area contributed by atoms with E-state index >= 15 is 0 Å². The summed E-state index contributed by atoms with van der Waals surface area (Å²) >= 11 is 12.0. The van der Waals surface area contributed by atoms with E-state index in [1.54, 1.807) is 6.07 Å². The van der Waals surface area contributed by atoms with Crippen molar-refractivity contribution in [2.75, 3.05) is 5.32 Å². The molecule has 0 saturated carbocycles. The number of carbonyl (C=O) groups excluding carboxylic acids is 1. The van der Waals surface area contributed by atoms with Crippen molar-refractivity contribution >= 4 is 61.0 Å². The van der Waals surface area contributed by atoms with Gasteiger partial charge in [0, 0.05) is 8.95 Å². The summed E-state index contributed by atoms with van der Waals surface area (Å²) in [6.45, 7) is 0. The number of nitrogens with one attached hydrogen (secondary N) is 1. The van der Waals surface area contributed by atoms with E-state index < -0.39 is 11.9 Å². The van der Waals surface area contributed by atoms with Crippen molar-refractivity contribution in [3.05, 3.63) is 49.9 Å². The maximum atomic E-state index is 12.1. The summed E-state index contributed by atoms with van der Waals surface area (Å²) in [7, 11) is 0. The van der Waals surface area contributed by atoms with Gasteiger partial charge in [-0.1, -0.05) is 27.5 Å². The summed E-state index contributed by atoms with van der Waals surface area (Å²) < 4.78 is 0.987. The number of benzene rings is 1. The Balaban J connectivity index is 2.37. The van der Waals surface area contributed by atoms with E-state index in [4.69, 9.17) is 11.6 Å². The SMILES string of the molecule is O=C(Nc1c(Br)cc(Br)cc1C(=O)O)c1cnc(Cl)cn1. The summed E-state index contributed by atoms with van der Waals surface area (Å²) in [5.41, 5.74) is 0.0875. The van der Waals surface area contributed by atoms with Crippen molar-refractivity contribution in [2.45, 2.75) is 0 Å². The minimum absolute atomic E-state index is 0.0190. The number of aromatic nitrogens is 2. The van der Waals surface area contributed by atoms with Crippen LogP contribution in [0.15, 0.2) is 33.5 Å². The van der Waals surface area contributed by atoms with Crippen LogP contribution in [-0.2, 0) is 0 Å². The summed E-state index contributed by atoms with van der Waals surface area (Å²) in [6.07, 6.45) is 2.43. The molecular formula is C12H6Br2ClN3O3. The fraction of sp³-hybridized carbons (Fsp3) is 0. The van der Waals surface area contributed by atoms with Crippen LogP contribution in [0.1, 0.15) is 20.8 Å². The lowest BCUT2D eigenvalue weighted by Crippen LogP contribution is -2.17. The number of halogens is 3. The fourth-order valence-corrected chi connectivity index (χ4v) is 2.90. The third kappa shape index (κ3) is 3.78. The number of carbonyl (C=O) groups is 2. The molecule has 2 N–H and O–H groups in total. The lowest BCUT2D eigenvalue weighted by molar-refractivity contribution is 0.0698. The van der Waals surface area contributed by atoms with Gasteiger partial charge < -0.3 is 10.4 Å². The highest BCUT2D eigenvalue weighted by atomic mass is 79.9. The first-order chi connectivity index (χ1) is 9.88. The van der Waals surface area contributed by atoms with E-state index in [1.807, 2.05) is 0 Å². The Morgan fingerprint density at radius 2 is 1.90 bits per heavy atom. The van der Waals surface area contributed by atoms with E-state index in [0.29, 0.717) is 8.95 Å². The van der Waals surface area contributed by atoms with Crippen LogP contribution >= 0.6 is 43.5 Å². The molecular weight excluding hydrogens is 429 g/mol. The zero-order chi connectivity index (χ0) is 15.6. The van der Waals surface area contributed by atoms with Crippen LogP contribution in [0.25, 0.3) is 0 Å². The number of anilines is 1. The number of rotatable bonds is 3. The molecule has 1 amide bonds. The number of carboxylic acids is 1. The molecule has 1 aromatic carbocycles. The van der Waals surface area contributed by atoms with Crippen LogP contribution in [0.2, 0.25) is 5.15 Å². The van der Waals surface area contributed by atoms with Crippen LogP contribution in [0.4, 0.5) is 5.69 Å². The van der Waals surface area contributed by atoms with Crippen LogP contribution < -0.4 is 5.32 Å². The van der Waals surface area contributed by atoms with Crippen molar-refractivity contribution in [2.24, 2.45) is 0 Å². The monoisotopic (exact) mass is 433 g/mol. The largest absolute Gasteiger partial charge is 0.478 e. The second-order valence-corrected chi connectivity index (χ2v) is 5.95. The minimum Gasteiger partial charge on any atom is -0.478 e. The van der Waals surface area contributed by atoms with Crippen molar-refractivity contribution in [1.29, 1.82) is 0 Å². The number of aromatic carboxylic acids is 1. The van der Waals surface area contributed by atoms with E-state index in [0.717, 1.165) is 0 Å². The highest BCUT2D eigenvalue weighted by Crippen LogP contribution is 2.31. The van der Waals surface area contributed by atoms with Gasteiger partial charge in [-0.25, -0.2) is 14.8 Å². The van der Waals surface area contributed by atoms with Crippen LogP contribution in [-0.4, -0.2) is 27.0 Å². The Bertz CT molecular complexity index is 722. The Hall–Kier alpha value is -1.51. The molecule has 1 heterocycles. The van der Waals surface area contributed by atoms with Gasteiger partial charge in [0.05, 0.1) is 23.6 Å². The zero-order valence-electron chi connectivity index (χ0n) is 10.1. The van der Waals surface area contributed by atoms with Gasteiger partial charge in [0.2, 0.25) is 0 Å². The highest BCUT2D eigenvalue weighted by Gasteiger charge is 2.18. The van der Waals surface area contributed by atoms with Crippen LogP contribution in [0.3, 0.4) is 0 Å². The first-order valence-electron chi connectivity index (χ1n) is 5.39. The van der Waals surface area contributed by atoms with Gasteiger partial charge in [-0.15, -0.1) is 0 Å². The number of nitrogens with zero attached hydrogens (tertiary/aromatic N) is 2. The molecule has 108 valence electrons. The molecule has 0 bridgehead atoms. The number of hydrogen-bond donors (Lipinski definition) is 2. The van der Waals surface area contributed by atoms with E-state index in [1.165, 1.54) is 18.5 Å². The van der Waals surface area contributed by atoms with E-state index in [9.17, 15) is 14.7 Å². The van der Waals surface area contributed by atoms with Gasteiger partial charge in [-0.3, -0.25) is 4.79 Å². The molecule has 2 rings (SSSR count). The van der Waals surface area contributed by atoms with Crippen LogP contribution in [0, 0.1) is 0 Å². The van der Waals surface area contributed by atoms with Gasteiger partial charge >= 0.3 is 5.97 Å². The third-order valence-corrected chi connectivity index (χ3v) is 3.66. The first-order valence-corrected chi connectivity index (χ1v) is 7.36. The van der Waals surface area contributed by atoms with Crippen molar-refractivity contribution in [1.82, 2.24) is 9.97 Å². The van der Waals surface area contributed by atoms with Crippen molar-refractivity contribution in [3.8, 4) is 0 Å². The van der Waals surface area contributed by atoms with E-state index in [-0.39, 0.29) is 22.1 Å². The Morgan fingerprint density at radius 3 is 2.48 bits per heavy atom. The third-order valence-electron chi connectivity index (χ3n) is 2.38. The molecule has 0 aliphatic rings. The molecule has 0 unspecified atom stereocenters. The average molecular weight is 435 g/mol. The second kappa shape index (κ2) is 6.50. The smallest absolute Gasteiger partial charge is 0.337 e. The van der Waals surface area contributed by atoms with Gasteiger partial charge in [0.1, 0.15) is 10.8 Å². The van der Waals surface area contributed by atoms with E-state index in [2.05, 4.69) is 47.1 Å². The van der Waals surface area contributed by atoms with Gasteiger partial charge in [-0.05, 0) is 28.1 Å². The van der Waals surface area contributed by atoms with Gasteiger partial charge in [-0.2, -0.15) is 0 Å². The quantitative estimate of drug-likeness (QED) is 0.769. The molecule has 0 aliphatic heterocycles. The molecule has 0 aliphatic carbocycles. The standard InChI is InChI=1S/C12H6Br2ClN3O3/c13-5-1-6(12(20)21)10(7(14)2-5)18-11(19)8-3-17-9(15)4-16-8/h1-4H,(H,18,19)(H,20,21). The molecule has 0 atom stereocenters. The fourth-order valence-electron chi connectivity index (χ4n) is 1.48. The summed E-state index contributed by atoms with van der Waals surface area (Å²) in [5.74, 6) is -1.76. The first kappa shape index (κ1) is 15.9. The molecule has 0 fully saturated rings. The lowest BCUT2D eigenvalue weighted by Gasteiger charge is -2.11. The summed E-state index contributed by atoms with van der Waals surface area (Å²) in [5, 5.41) is 11.8. The molecule has 0 saturated heterocycles. The minimum atomic E-state index is -1.17. The summed E-state index contributed by atoms with van der Waals surface area (Å²) in [6, 6.07) is 3.01. The Labute approximate surface area is 140 Å². The van der Waals surface area contributed by atoms with Crippen LogP contribution in [0.5, 0.6) is 0 Å². The normalized spacial score (nSPS) is 10.2. The molecule has 21 heavy (non-hydrogen) atoms.